The second-order valence-electron chi connectivity index (χ2n) is 10.3. The van der Waals surface area contributed by atoms with Crippen molar-refractivity contribution in [3.8, 4) is 17.2 Å². The summed E-state index contributed by atoms with van der Waals surface area (Å²) in [6, 6.07) is 11.8. The van der Waals surface area contributed by atoms with Crippen LogP contribution in [0.15, 0.2) is 47.6 Å². The van der Waals surface area contributed by atoms with E-state index in [4.69, 9.17) is 18.9 Å². The molecule has 11 heteroatoms. The lowest BCUT2D eigenvalue weighted by atomic mass is 9.88. The number of rotatable bonds is 13. The van der Waals surface area contributed by atoms with Gasteiger partial charge in [-0.25, -0.2) is 10.2 Å². The third-order valence-corrected chi connectivity index (χ3v) is 8.14. The molecule has 1 aromatic heterocycles. The molecule has 2 aromatic carbocycles. The summed E-state index contributed by atoms with van der Waals surface area (Å²) in [5, 5.41) is 7.46. The largest absolute Gasteiger partial charge is 0.490 e. The molecule has 0 spiro atoms. The van der Waals surface area contributed by atoms with E-state index < -0.39 is 18.0 Å². The van der Waals surface area contributed by atoms with E-state index in [9.17, 15) is 14.4 Å². The molecule has 1 aliphatic rings. The zero-order valence-electron chi connectivity index (χ0n) is 25.7. The predicted octanol–water partition coefficient (Wildman–Crippen LogP) is 6.02. The number of carbonyl (C=O) groups is 3. The van der Waals surface area contributed by atoms with Crippen LogP contribution in [0.2, 0.25) is 0 Å². The molecule has 1 heterocycles. The van der Waals surface area contributed by atoms with E-state index in [1.165, 1.54) is 17.6 Å². The molecular formula is C33H39N3O7S. The van der Waals surface area contributed by atoms with Crippen molar-refractivity contribution in [1.29, 1.82) is 0 Å². The first-order valence-electron chi connectivity index (χ1n) is 14.9. The second-order valence-corrected chi connectivity index (χ2v) is 11.4. The number of benzene rings is 2. The third kappa shape index (κ3) is 8.16. The van der Waals surface area contributed by atoms with Gasteiger partial charge in [0.15, 0.2) is 17.6 Å². The second kappa shape index (κ2) is 15.4. The molecule has 234 valence electrons. The first-order chi connectivity index (χ1) is 21.2. The van der Waals surface area contributed by atoms with Gasteiger partial charge < -0.3 is 24.3 Å². The maximum atomic E-state index is 13.1. The molecule has 0 saturated heterocycles. The Labute approximate surface area is 261 Å². The standard InChI is InChI=1S/C33H39N3O7S/c1-6-40-26-16-10-22(18-27(26)41-7-2)19-34-36-30(37)21(5)43-24-13-11-23(12-14-24)31(38)35-32-29(33(39)42-8-3)25-15-9-20(4)17-28(25)44-32/h10-14,16,18-21H,6-9,15,17H2,1-5H3,(H,35,38)(H,36,37)/b34-19-/t20-,21-/m1/s1. The summed E-state index contributed by atoms with van der Waals surface area (Å²) < 4.78 is 22.2. The van der Waals surface area contributed by atoms with E-state index in [1.54, 1.807) is 50.2 Å². The van der Waals surface area contributed by atoms with Gasteiger partial charge in [0.2, 0.25) is 0 Å². The molecule has 2 atom stereocenters. The maximum Gasteiger partial charge on any atom is 0.341 e. The van der Waals surface area contributed by atoms with Crippen molar-refractivity contribution >= 4 is 40.3 Å². The number of carbonyl (C=O) groups excluding carboxylic acids is 3. The van der Waals surface area contributed by atoms with E-state index >= 15 is 0 Å². The van der Waals surface area contributed by atoms with E-state index in [-0.39, 0.29) is 12.5 Å². The first kappa shape index (κ1) is 32.5. The van der Waals surface area contributed by atoms with Crippen LogP contribution in [0, 0.1) is 5.92 Å². The fraction of sp³-hybridized carbons (Fsp3) is 0.394. The molecule has 0 saturated carbocycles. The van der Waals surface area contributed by atoms with Crippen LogP contribution in [-0.4, -0.2) is 49.9 Å². The van der Waals surface area contributed by atoms with Crippen molar-refractivity contribution in [1.82, 2.24) is 5.43 Å². The predicted molar refractivity (Wildman–Crippen MR) is 170 cm³/mol. The van der Waals surface area contributed by atoms with Gasteiger partial charge in [0.1, 0.15) is 10.8 Å². The van der Waals surface area contributed by atoms with Crippen molar-refractivity contribution in [2.75, 3.05) is 25.1 Å². The summed E-state index contributed by atoms with van der Waals surface area (Å²) in [7, 11) is 0. The molecule has 3 aromatic rings. The number of hydrogen-bond acceptors (Lipinski definition) is 9. The van der Waals surface area contributed by atoms with Gasteiger partial charge in [-0.05, 0) is 106 Å². The zero-order valence-corrected chi connectivity index (χ0v) is 26.5. The molecule has 4 rings (SSSR count). The van der Waals surface area contributed by atoms with Gasteiger partial charge in [0.05, 0.1) is 31.6 Å². The van der Waals surface area contributed by atoms with Gasteiger partial charge in [-0.3, -0.25) is 9.59 Å². The average Bonchev–Trinajstić information content (AvgIpc) is 3.35. The number of nitrogens with one attached hydrogen (secondary N) is 2. The Hall–Kier alpha value is -4.38. The van der Waals surface area contributed by atoms with Crippen LogP contribution in [-0.2, 0) is 22.4 Å². The summed E-state index contributed by atoms with van der Waals surface area (Å²) in [4.78, 5) is 39.6. The van der Waals surface area contributed by atoms with Crippen LogP contribution in [0.5, 0.6) is 17.2 Å². The highest BCUT2D eigenvalue weighted by Crippen LogP contribution is 2.40. The van der Waals surface area contributed by atoms with Crippen LogP contribution in [0.4, 0.5) is 5.00 Å². The van der Waals surface area contributed by atoms with Crippen LogP contribution >= 0.6 is 11.3 Å². The van der Waals surface area contributed by atoms with E-state index in [1.807, 2.05) is 19.9 Å². The van der Waals surface area contributed by atoms with Gasteiger partial charge >= 0.3 is 5.97 Å². The number of amides is 2. The molecule has 2 amide bonds. The Bertz CT molecular complexity index is 1500. The molecule has 2 N–H and O–H groups in total. The number of thiophene rings is 1. The monoisotopic (exact) mass is 621 g/mol. The van der Waals surface area contributed by atoms with Gasteiger partial charge in [-0.2, -0.15) is 5.10 Å². The first-order valence-corrected chi connectivity index (χ1v) is 15.7. The van der Waals surface area contributed by atoms with Gasteiger partial charge in [-0.1, -0.05) is 6.92 Å². The molecule has 0 unspecified atom stereocenters. The molecule has 0 bridgehead atoms. The van der Waals surface area contributed by atoms with Crippen LogP contribution in [0.3, 0.4) is 0 Å². The fourth-order valence-corrected chi connectivity index (χ4v) is 6.18. The normalized spacial score (nSPS) is 14.8. The summed E-state index contributed by atoms with van der Waals surface area (Å²) in [6.45, 7) is 10.6. The van der Waals surface area contributed by atoms with Crippen LogP contribution < -0.4 is 25.0 Å². The Morgan fingerprint density at radius 3 is 2.45 bits per heavy atom. The number of anilines is 1. The van der Waals surface area contributed by atoms with Gasteiger partial charge in [-0.15, -0.1) is 11.3 Å². The lowest BCUT2D eigenvalue weighted by molar-refractivity contribution is -0.127. The quantitative estimate of drug-likeness (QED) is 0.136. The Kier molecular flexibility index (Phi) is 11.4. The lowest BCUT2D eigenvalue weighted by Gasteiger charge is -2.18. The lowest BCUT2D eigenvalue weighted by Crippen LogP contribution is -2.33. The van der Waals surface area contributed by atoms with Crippen molar-refractivity contribution in [2.45, 2.75) is 60.0 Å². The van der Waals surface area contributed by atoms with E-state index in [2.05, 4.69) is 22.8 Å². The number of hydrazone groups is 1. The molecule has 44 heavy (non-hydrogen) atoms. The Balaban J connectivity index is 1.35. The number of ether oxygens (including phenoxy) is 4. The van der Waals surface area contributed by atoms with Crippen molar-refractivity contribution in [2.24, 2.45) is 11.0 Å². The topological polar surface area (TPSA) is 125 Å². The highest BCUT2D eigenvalue weighted by Gasteiger charge is 2.29. The fourth-order valence-electron chi connectivity index (χ4n) is 4.79. The molecule has 0 fully saturated rings. The van der Waals surface area contributed by atoms with Gasteiger partial charge in [0, 0.05) is 10.4 Å². The SMILES string of the molecule is CCOC(=O)c1c(NC(=O)c2ccc(O[C@H](C)C(=O)N/N=C\c3ccc(OCC)c(OCC)c3)cc2)sc2c1CC[C@@H](C)C2. The number of fused-ring (bicyclic) bond motifs is 1. The molecule has 0 aliphatic heterocycles. The highest BCUT2D eigenvalue weighted by molar-refractivity contribution is 7.17. The number of hydrogen-bond donors (Lipinski definition) is 2. The minimum Gasteiger partial charge on any atom is -0.490 e. The third-order valence-electron chi connectivity index (χ3n) is 6.97. The van der Waals surface area contributed by atoms with E-state index in [0.29, 0.717) is 52.5 Å². The Morgan fingerprint density at radius 1 is 1.02 bits per heavy atom. The molecule has 1 aliphatic carbocycles. The van der Waals surface area contributed by atoms with Crippen LogP contribution in [0.25, 0.3) is 0 Å². The van der Waals surface area contributed by atoms with Crippen LogP contribution in [0.1, 0.15) is 77.8 Å². The van der Waals surface area contributed by atoms with E-state index in [0.717, 1.165) is 35.3 Å². The smallest absolute Gasteiger partial charge is 0.341 e. The highest BCUT2D eigenvalue weighted by atomic mass is 32.1. The summed E-state index contributed by atoms with van der Waals surface area (Å²) in [5.41, 5.74) is 5.04. The molecular weight excluding hydrogens is 582 g/mol. The number of esters is 1. The number of nitrogens with zero attached hydrogens (tertiary/aromatic N) is 1. The maximum absolute atomic E-state index is 13.1. The van der Waals surface area contributed by atoms with Crippen molar-refractivity contribution in [3.05, 3.63) is 69.6 Å². The van der Waals surface area contributed by atoms with Crippen molar-refractivity contribution in [3.63, 3.8) is 0 Å². The summed E-state index contributed by atoms with van der Waals surface area (Å²) in [5.74, 6) is 0.969. The molecule has 10 nitrogen and oxygen atoms in total. The minimum absolute atomic E-state index is 0.259. The minimum atomic E-state index is -0.849. The molecule has 0 radical (unpaired) electrons. The average molecular weight is 622 g/mol. The van der Waals surface area contributed by atoms with Gasteiger partial charge in [0.25, 0.3) is 11.8 Å². The summed E-state index contributed by atoms with van der Waals surface area (Å²) in [6.07, 6.45) is 3.32. The summed E-state index contributed by atoms with van der Waals surface area (Å²) >= 11 is 1.44. The Morgan fingerprint density at radius 2 is 1.75 bits per heavy atom. The zero-order chi connectivity index (χ0) is 31.6. The van der Waals surface area contributed by atoms with Crippen molar-refractivity contribution < 1.29 is 33.3 Å².